The minimum atomic E-state index is -1.21. The zero-order valence-corrected chi connectivity index (χ0v) is 12.2. The Hall–Kier alpha value is -1.40. The summed E-state index contributed by atoms with van der Waals surface area (Å²) in [5.41, 5.74) is 0. The molecule has 0 unspecified atom stereocenters. The second-order valence-electron chi connectivity index (χ2n) is 4.84. The summed E-state index contributed by atoms with van der Waals surface area (Å²) in [6, 6.07) is 7.52. The molecule has 1 aromatic carbocycles. The van der Waals surface area contributed by atoms with Crippen molar-refractivity contribution < 1.29 is 9.47 Å². The van der Waals surface area contributed by atoms with Gasteiger partial charge in [-0.25, -0.2) is 0 Å². The fraction of sp³-hybridized carbons (Fsp3) is 0.385. The number of ether oxygens (including phenoxy) is 2. The van der Waals surface area contributed by atoms with Crippen molar-refractivity contribution in [2.24, 2.45) is 8.80 Å². The molecule has 0 atom stereocenters. The normalized spacial score (nSPS) is 22.9. The molecule has 7 heteroatoms. The lowest BCUT2D eigenvalue weighted by Crippen LogP contribution is -2.58. The second kappa shape index (κ2) is 4.56. The van der Waals surface area contributed by atoms with E-state index in [0.717, 1.165) is 38.1 Å². The summed E-state index contributed by atoms with van der Waals surface area (Å²) in [6.07, 6.45) is 2.28. The Kier molecular flexibility index (Phi) is 2.82. The van der Waals surface area contributed by atoms with Gasteiger partial charge in [-0.2, -0.15) is 8.80 Å². The van der Waals surface area contributed by atoms with Crippen LogP contribution in [0.1, 0.15) is 12.8 Å². The van der Waals surface area contributed by atoms with Crippen molar-refractivity contribution in [1.29, 1.82) is 0 Å². The van der Waals surface area contributed by atoms with Gasteiger partial charge in [0, 0.05) is 13.1 Å². The number of amidine groups is 1. The molecule has 3 aliphatic heterocycles. The third-order valence-electron chi connectivity index (χ3n) is 3.58. The highest BCUT2D eigenvalue weighted by Crippen LogP contribution is 2.44. The molecule has 104 valence electrons. The quantitative estimate of drug-likeness (QED) is 0.691. The first-order chi connectivity index (χ1) is 9.79. The minimum Gasteiger partial charge on any atom is -0.436 e. The lowest BCUT2D eigenvalue weighted by atomic mass is 10.2. The van der Waals surface area contributed by atoms with E-state index in [2.05, 4.69) is 13.7 Å². The van der Waals surface area contributed by atoms with E-state index in [1.807, 2.05) is 24.3 Å². The molecule has 0 radical (unpaired) electrons. The van der Waals surface area contributed by atoms with Gasteiger partial charge in [0.1, 0.15) is 12.1 Å². The van der Waals surface area contributed by atoms with Crippen LogP contribution in [0.25, 0.3) is 0 Å². The van der Waals surface area contributed by atoms with E-state index in [-0.39, 0.29) is 5.17 Å². The maximum Gasteiger partial charge on any atom is 0.369 e. The molecular formula is C13H12ClN3O2S. The van der Waals surface area contributed by atoms with Crippen LogP contribution in [0.4, 0.5) is 0 Å². The molecule has 4 rings (SSSR count). The highest BCUT2D eigenvalue weighted by atomic mass is 35.5. The number of para-hydroxylation sites is 2. The molecule has 0 aromatic heterocycles. The van der Waals surface area contributed by atoms with E-state index in [0.29, 0.717) is 17.3 Å². The lowest BCUT2D eigenvalue weighted by molar-refractivity contribution is 0.0457. The molecule has 20 heavy (non-hydrogen) atoms. The van der Waals surface area contributed by atoms with Crippen LogP contribution < -0.4 is 9.47 Å². The van der Waals surface area contributed by atoms with Crippen LogP contribution in [-0.2, 0) is 0 Å². The number of nitrogens with zero attached hydrogens (tertiary/aromatic N) is 3. The molecule has 3 heterocycles. The van der Waals surface area contributed by atoms with E-state index in [9.17, 15) is 0 Å². The molecule has 1 spiro atoms. The Morgan fingerprint density at radius 1 is 1.10 bits per heavy atom. The molecular weight excluding hydrogens is 298 g/mol. The van der Waals surface area contributed by atoms with Gasteiger partial charge in [0.25, 0.3) is 0 Å². The maximum absolute atomic E-state index is 6.31. The first-order valence-corrected chi connectivity index (χ1v) is 7.61. The van der Waals surface area contributed by atoms with E-state index < -0.39 is 5.79 Å². The van der Waals surface area contributed by atoms with Crippen molar-refractivity contribution in [2.75, 3.05) is 13.1 Å². The zero-order chi connectivity index (χ0) is 13.6. The van der Waals surface area contributed by atoms with Crippen molar-refractivity contribution in [1.82, 2.24) is 4.90 Å². The summed E-state index contributed by atoms with van der Waals surface area (Å²) in [5, 5.41) is 0.274. The predicted octanol–water partition coefficient (Wildman–Crippen LogP) is 2.86. The summed E-state index contributed by atoms with van der Waals surface area (Å²) in [5.74, 6) is 0.830. The van der Waals surface area contributed by atoms with Crippen LogP contribution in [0.5, 0.6) is 11.5 Å². The lowest BCUT2D eigenvalue weighted by Gasteiger charge is -2.33. The van der Waals surface area contributed by atoms with Crippen LogP contribution in [0.15, 0.2) is 33.1 Å². The largest absolute Gasteiger partial charge is 0.436 e. The molecule has 1 saturated heterocycles. The molecule has 1 fully saturated rings. The van der Waals surface area contributed by atoms with Crippen LogP contribution in [-0.4, -0.2) is 34.8 Å². The predicted molar refractivity (Wildman–Crippen MR) is 79.6 cm³/mol. The SMILES string of the molecule is ClC1=NSN=C(N2CCCC2)C12Oc1ccccc1O2. The van der Waals surface area contributed by atoms with Gasteiger partial charge in [0.05, 0.1) is 0 Å². The van der Waals surface area contributed by atoms with Gasteiger partial charge in [-0.3, -0.25) is 0 Å². The van der Waals surface area contributed by atoms with Crippen molar-refractivity contribution in [2.45, 2.75) is 18.6 Å². The molecule has 1 aromatic rings. The average Bonchev–Trinajstić information content (AvgIpc) is 3.09. The Morgan fingerprint density at radius 2 is 1.75 bits per heavy atom. The van der Waals surface area contributed by atoms with Crippen LogP contribution in [0.2, 0.25) is 0 Å². The topological polar surface area (TPSA) is 46.4 Å². The molecule has 0 amide bonds. The summed E-state index contributed by atoms with van der Waals surface area (Å²) >= 11 is 7.39. The Balaban J connectivity index is 1.76. The molecule has 0 N–H and O–H groups in total. The zero-order valence-electron chi connectivity index (χ0n) is 10.6. The summed E-state index contributed by atoms with van der Waals surface area (Å²) in [7, 11) is 0. The highest BCUT2D eigenvalue weighted by molar-refractivity contribution is 7.97. The number of halogens is 1. The van der Waals surface area contributed by atoms with Gasteiger partial charge < -0.3 is 14.4 Å². The van der Waals surface area contributed by atoms with E-state index in [4.69, 9.17) is 21.1 Å². The summed E-state index contributed by atoms with van der Waals surface area (Å²) in [6.45, 7) is 1.88. The monoisotopic (exact) mass is 309 g/mol. The van der Waals surface area contributed by atoms with Gasteiger partial charge >= 0.3 is 5.79 Å². The minimum absolute atomic E-state index is 0.274. The molecule has 0 saturated carbocycles. The van der Waals surface area contributed by atoms with Gasteiger partial charge in [0.2, 0.25) is 11.0 Å². The van der Waals surface area contributed by atoms with Crippen molar-refractivity contribution in [3.63, 3.8) is 0 Å². The van der Waals surface area contributed by atoms with Gasteiger partial charge in [-0.15, -0.1) is 0 Å². The number of benzene rings is 1. The summed E-state index contributed by atoms with van der Waals surface area (Å²) in [4.78, 5) is 2.16. The number of hydrogen-bond acceptors (Lipinski definition) is 6. The molecule has 0 bridgehead atoms. The smallest absolute Gasteiger partial charge is 0.369 e. The van der Waals surface area contributed by atoms with Crippen LogP contribution >= 0.6 is 23.7 Å². The van der Waals surface area contributed by atoms with Crippen LogP contribution in [0, 0.1) is 0 Å². The van der Waals surface area contributed by atoms with Crippen molar-refractivity contribution in [3.05, 3.63) is 24.3 Å². The third-order valence-corrected chi connectivity index (χ3v) is 4.53. The fourth-order valence-electron chi connectivity index (χ4n) is 2.63. The number of likely N-dealkylation sites (tertiary alicyclic amines) is 1. The molecule has 3 aliphatic rings. The van der Waals surface area contributed by atoms with Gasteiger partial charge in [0.15, 0.2) is 11.5 Å². The second-order valence-corrected chi connectivity index (χ2v) is 5.73. The van der Waals surface area contributed by atoms with Crippen LogP contribution in [0.3, 0.4) is 0 Å². The summed E-state index contributed by atoms with van der Waals surface area (Å²) < 4.78 is 20.5. The molecule has 5 nitrogen and oxygen atoms in total. The standard InChI is InChI=1S/C13H12ClN3O2S/c14-11-13(18-9-5-1-2-6-10(9)19-13)12(16-20-15-11)17-7-3-4-8-17/h1-2,5-6H,3-4,7-8H2. The molecule has 0 aliphatic carbocycles. The maximum atomic E-state index is 6.31. The van der Waals surface area contributed by atoms with Crippen molar-refractivity contribution in [3.8, 4) is 11.5 Å². The number of rotatable bonds is 0. The average molecular weight is 310 g/mol. The van der Waals surface area contributed by atoms with E-state index in [1.54, 1.807) is 0 Å². The van der Waals surface area contributed by atoms with Gasteiger partial charge in [-0.1, -0.05) is 23.7 Å². The first kappa shape index (κ1) is 12.3. The Morgan fingerprint density at radius 3 is 2.40 bits per heavy atom. The number of hydrogen-bond donors (Lipinski definition) is 0. The van der Waals surface area contributed by atoms with E-state index >= 15 is 0 Å². The van der Waals surface area contributed by atoms with E-state index in [1.165, 1.54) is 0 Å². The number of fused-ring (bicyclic) bond motifs is 1. The highest BCUT2D eigenvalue weighted by Gasteiger charge is 2.55. The van der Waals surface area contributed by atoms with Crippen molar-refractivity contribution >= 4 is 34.7 Å². The van der Waals surface area contributed by atoms with Gasteiger partial charge in [-0.05, 0) is 25.0 Å². The Labute approximate surface area is 125 Å². The third kappa shape index (κ3) is 1.71. The first-order valence-electron chi connectivity index (χ1n) is 6.50. The Bertz CT molecular complexity index is 588. The fourth-order valence-corrected chi connectivity index (χ4v) is 3.43.